The molecule has 1 saturated heterocycles. The Balaban J connectivity index is 2.22. The minimum Gasteiger partial charge on any atom is -0.381 e. The highest BCUT2D eigenvalue weighted by Crippen LogP contribution is 2.27. The molecular weight excluding hydrogens is 250 g/mol. The smallest absolute Gasteiger partial charge is 0.175 e. The molecule has 1 aromatic carbocycles. The van der Waals surface area contributed by atoms with Gasteiger partial charge in [0.05, 0.1) is 11.5 Å². The maximum atomic E-state index is 11.5. The van der Waals surface area contributed by atoms with Crippen LogP contribution in [-0.2, 0) is 14.6 Å². The lowest BCUT2D eigenvalue weighted by Gasteiger charge is -2.28. The van der Waals surface area contributed by atoms with E-state index in [4.69, 9.17) is 10.5 Å². The van der Waals surface area contributed by atoms with Crippen LogP contribution in [0.1, 0.15) is 24.4 Å². The van der Waals surface area contributed by atoms with E-state index >= 15 is 0 Å². The zero-order valence-corrected chi connectivity index (χ0v) is 11.3. The summed E-state index contributed by atoms with van der Waals surface area (Å²) >= 11 is 0. The molecule has 0 spiro atoms. The first kappa shape index (κ1) is 13.5. The largest absolute Gasteiger partial charge is 0.381 e. The Morgan fingerprint density at radius 3 is 2.83 bits per heavy atom. The van der Waals surface area contributed by atoms with E-state index in [0.29, 0.717) is 11.5 Å². The van der Waals surface area contributed by atoms with E-state index in [1.54, 1.807) is 18.2 Å². The lowest BCUT2D eigenvalue weighted by Crippen LogP contribution is -2.29. The molecule has 0 aromatic heterocycles. The third kappa shape index (κ3) is 3.10. The molecule has 0 amide bonds. The fourth-order valence-corrected chi connectivity index (χ4v) is 2.95. The van der Waals surface area contributed by atoms with Crippen molar-refractivity contribution < 1.29 is 13.2 Å². The predicted octanol–water partition coefficient (Wildman–Crippen LogP) is 1.52. The zero-order chi connectivity index (χ0) is 13.2. The van der Waals surface area contributed by atoms with Crippen LogP contribution in [-0.4, -0.2) is 27.9 Å². The van der Waals surface area contributed by atoms with E-state index in [1.807, 2.05) is 6.07 Å². The van der Waals surface area contributed by atoms with Crippen molar-refractivity contribution in [2.75, 3.05) is 19.5 Å². The van der Waals surface area contributed by atoms with Gasteiger partial charge in [0, 0.05) is 24.8 Å². The van der Waals surface area contributed by atoms with Crippen LogP contribution in [0.2, 0.25) is 0 Å². The lowest BCUT2D eigenvalue weighted by atomic mass is 9.89. The summed E-state index contributed by atoms with van der Waals surface area (Å²) in [4.78, 5) is 0.326. The fraction of sp³-hybridized carbons (Fsp3) is 0.538. The molecule has 1 aliphatic heterocycles. The van der Waals surface area contributed by atoms with Gasteiger partial charge in [0.25, 0.3) is 0 Å². The van der Waals surface area contributed by atoms with Gasteiger partial charge in [-0.2, -0.15) is 0 Å². The van der Waals surface area contributed by atoms with Crippen molar-refractivity contribution in [1.82, 2.24) is 0 Å². The topological polar surface area (TPSA) is 69.4 Å². The van der Waals surface area contributed by atoms with Gasteiger partial charge in [-0.3, -0.25) is 0 Å². The van der Waals surface area contributed by atoms with E-state index < -0.39 is 9.84 Å². The molecule has 100 valence electrons. The Labute approximate surface area is 108 Å². The average Bonchev–Trinajstić information content (AvgIpc) is 2.38. The van der Waals surface area contributed by atoms with Crippen LogP contribution in [0.25, 0.3) is 0 Å². The summed E-state index contributed by atoms with van der Waals surface area (Å²) in [6.45, 7) is 1.46. The standard InChI is InChI=1S/C13H19NO3S/c1-18(15,16)12-6-2-4-10(8-12)13(14)11-5-3-7-17-9-11/h2,4,6,8,11,13H,3,5,7,9,14H2,1H3. The number of hydrogen-bond donors (Lipinski definition) is 1. The number of ether oxygens (including phenoxy) is 1. The zero-order valence-electron chi connectivity index (χ0n) is 10.5. The highest BCUT2D eigenvalue weighted by Gasteiger charge is 2.23. The second-order valence-corrected chi connectivity index (χ2v) is 6.86. The van der Waals surface area contributed by atoms with Crippen LogP contribution in [0, 0.1) is 5.92 Å². The first-order valence-electron chi connectivity index (χ1n) is 6.12. The van der Waals surface area contributed by atoms with Crippen LogP contribution >= 0.6 is 0 Å². The molecule has 1 heterocycles. The maximum absolute atomic E-state index is 11.5. The summed E-state index contributed by atoms with van der Waals surface area (Å²) in [6.07, 6.45) is 3.26. The molecule has 1 aromatic rings. The van der Waals surface area contributed by atoms with Crippen molar-refractivity contribution in [3.63, 3.8) is 0 Å². The number of benzene rings is 1. The molecule has 1 aliphatic rings. The minimum atomic E-state index is -3.18. The molecule has 5 heteroatoms. The highest BCUT2D eigenvalue weighted by atomic mass is 32.2. The van der Waals surface area contributed by atoms with Crippen molar-refractivity contribution in [3.8, 4) is 0 Å². The Morgan fingerprint density at radius 2 is 2.22 bits per heavy atom. The lowest BCUT2D eigenvalue weighted by molar-refractivity contribution is 0.0447. The van der Waals surface area contributed by atoms with Gasteiger partial charge < -0.3 is 10.5 Å². The third-order valence-electron chi connectivity index (χ3n) is 3.37. The van der Waals surface area contributed by atoms with Gasteiger partial charge in [0.2, 0.25) is 0 Å². The Hall–Kier alpha value is -0.910. The van der Waals surface area contributed by atoms with Gasteiger partial charge in [-0.1, -0.05) is 12.1 Å². The molecule has 2 N–H and O–H groups in total. The van der Waals surface area contributed by atoms with Crippen LogP contribution in [0.4, 0.5) is 0 Å². The number of rotatable bonds is 3. The highest BCUT2D eigenvalue weighted by molar-refractivity contribution is 7.90. The van der Waals surface area contributed by atoms with Gasteiger partial charge in [0.1, 0.15) is 0 Å². The van der Waals surface area contributed by atoms with Crippen molar-refractivity contribution in [2.45, 2.75) is 23.8 Å². The average molecular weight is 269 g/mol. The van der Waals surface area contributed by atoms with Gasteiger partial charge in [-0.05, 0) is 30.5 Å². The summed E-state index contributed by atoms with van der Waals surface area (Å²) in [5, 5.41) is 0. The molecule has 0 radical (unpaired) electrons. The summed E-state index contributed by atoms with van der Waals surface area (Å²) in [6, 6.07) is 6.74. The fourth-order valence-electron chi connectivity index (χ4n) is 2.27. The molecular formula is C13H19NO3S. The second kappa shape index (κ2) is 5.38. The minimum absolute atomic E-state index is 0.160. The monoisotopic (exact) mass is 269 g/mol. The number of sulfone groups is 1. The molecule has 0 bridgehead atoms. The molecule has 2 atom stereocenters. The Kier molecular flexibility index (Phi) is 4.04. The molecule has 2 rings (SSSR count). The van der Waals surface area contributed by atoms with Gasteiger partial charge >= 0.3 is 0 Å². The van der Waals surface area contributed by atoms with Gasteiger partial charge in [-0.15, -0.1) is 0 Å². The molecule has 4 nitrogen and oxygen atoms in total. The maximum Gasteiger partial charge on any atom is 0.175 e. The van der Waals surface area contributed by atoms with Crippen molar-refractivity contribution in [2.24, 2.45) is 11.7 Å². The molecule has 1 fully saturated rings. The molecule has 18 heavy (non-hydrogen) atoms. The molecule has 2 unspecified atom stereocenters. The van der Waals surface area contributed by atoms with Crippen molar-refractivity contribution in [3.05, 3.63) is 29.8 Å². The van der Waals surface area contributed by atoms with Crippen LogP contribution < -0.4 is 5.73 Å². The third-order valence-corrected chi connectivity index (χ3v) is 4.48. The Morgan fingerprint density at radius 1 is 1.44 bits per heavy atom. The Bertz CT molecular complexity index is 507. The van der Waals surface area contributed by atoms with E-state index in [2.05, 4.69) is 0 Å². The number of nitrogens with two attached hydrogens (primary N) is 1. The normalized spacial score (nSPS) is 22.7. The van der Waals surface area contributed by atoms with Crippen LogP contribution in [0.3, 0.4) is 0 Å². The predicted molar refractivity (Wildman–Crippen MR) is 70.0 cm³/mol. The van der Waals surface area contributed by atoms with Crippen LogP contribution in [0.15, 0.2) is 29.2 Å². The first-order valence-corrected chi connectivity index (χ1v) is 8.01. The molecule has 0 aliphatic carbocycles. The second-order valence-electron chi connectivity index (χ2n) is 4.85. The first-order chi connectivity index (χ1) is 8.48. The molecule has 0 saturated carbocycles. The van der Waals surface area contributed by atoms with E-state index in [-0.39, 0.29) is 12.0 Å². The summed E-state index contributed by atoms with van der Waals surface area (Å²) < 4.78 is 28.5. The van der Waals surface area contributed by atoms with Gasteiger partial charge in [0.15, 0.2) is 9.84 Å². The summed E-state index contributed by atoms with van der Waals surface area (Å²) in [5.41, 5.74) is 7.08. The quantitative estimate of drug-likeness (QED) is 0.903. The summed E-state index contributed by atoms with van der Waals surface area (Å²) in [5.74, 6) is 0.272. The van der Waals surface area contributed by atoms with E-state index in [0.717, 1.165) is 25.0 Å². The van der Waals surface area contributed by atoms with Gasteiger partial charge in [-0.25, -0.2) is 8.42 Å². The van der Waals surface area contributed by atoms with Crippen LogP contribution in [0.5, 0.6) is 0 Å². The van der Waals surface area contributed by atoms with Crippen molar-refractivity contribution >= 4 is 9.84 Å². The SMILES string of the molecule is CS(=O)(=O)c1cccc(C(N)C2CCCOC2)c1. The van der Waals surface area contributed by atoms with E-state index in [9.17, 15) is 8.42 Å². The number of hydrogen-bond acceptors (Lipinski definition) is 4. The van der Waals surface area contributed by atoms with Crippen molar-refractivity contribution in [1.29, 1.82) is 0 Å². The summed E-state index contributed by atoms with van der Waals surface area (Å²) in [7, 11) is -3.18. The van der Waals surface area contributed by atoms with E-state index in [1.165, 1.54) is 6.26 Å².